The Morgan fingerprint density at radius 3 is 2.71 bits per heavy atom. The number of thiocarbonyl (C=S) groups is 1. The van der Waals surface area contributed by atoms with E-state index in [0.29, 0.717) is 19.9 Å². The van der Waals surface area contributed by atoms with Crippen LogP contribution in [0, 0.1) is 0 Å². The van der Waals surface area contributed by atoms with Crippen LogP contribution in [0.25, 0.3) is 6.08 Å². The highest BCUT2D eigenvalue weighted by atomic mass is 35.5. The summed E-state index contributed by atoms with van der Waals surface area (Å²) in [7, 11) is 0. The molecule has 1 fully saturated rings. The quantitative estimate of drug-likeness (QED) is 0.512. The van der Waals surface area contributed by atoms with Gasteiger partial charge in [-0.2, -0.15) is 0 Å². The Hall–Kier alpha value is -2.41. The Morgan fingerprint density at radius 2 is 1.96 bits per heavy atom. The number of carbonyl (C=O) groups excluding carboxylic acids is 2. The third kappa shape index (κ3) is 5.55. The summed E-state index contributed by atoms with van der Waals surface area (Å²) >= 11 is 12.4. The first-order valence-electron chi connectivity index (χ1n) is 8.55. The number of nitrogens with one attached hydrogen (secondary N) is 1. The van der Waals surface area contributed by atoms with Gasteiger partial charge in [-0.3, -0.25) is 14.5 Å². The summed E-state index contributed by atoms with van der Waals surface area (Å²) in [5.41, 5.74) is 1.67. The molecule has 0 saturated carbocycles. The van der Waals surface area contributed by atoms with Crippen LogP contribution in [0.2, 0.25) is 5.02 Å². The van der Waals surface area contributed by atoms with Crippen LogP contribution in [-0.2, 0) is 9.59 Å². The van der Waals surface area contributed by atoms with Crippen LogP contribution in [0.4, 0.5) is 5.69 Å². The highest BCUT2D eigenvalue weighted by molar-refractivity contribution is 8.26. The van der Waals surface area contributed by atoms with E-state index in [4.69, 9.17) is 23.8 Å². The minimum absolute atomic E-state index is 0.145. The summed E-state index contributed by atoms with van der Waals surface area (Å²) in [5, 5.41) is 3.31. The van der Waals surface area contributed by atoms with E-state index < -0.39 is 0 Å². The van der Waals surface area contributed by atoms with E-state index >= 15 is 0 Å². The first-order valence-corrected chi connectivity index (χ1v) is 10.2. The summed E-state index contributed by atoms with van der Waals surface area (Å²) in [6.07, 6.45) is 5.64. The lowest BCUT2D eigenvalue weighted by molar-refractivity contribution is -0.122. The lowest BCUT2D eigenvalue weighted by atomic mass is 10.2. The molecule has 142 valence electrons. The van der Waals surface area contributed by atoms with Gasteiger partial charge in [-0.25, -0.2) is 0 Å². The molecule has 0 bridgehead atoms. The van der Waals surface area contributed by atoms with E-state index in [9.17, 15) is 9.59 Å². The number of anilines is 1. The van der Waals surface area contributed by atoms with E-state index in [2.05, 4.69) is 5.32 Å². The van der Waals surface area contributed by atoms with Gasteiger partial charge in [-0.15, -0.1) is 0 Å². The Morgan fingerprint density at radius 1 is 1.18 bits per heavy atom. The van der Waals surface area contributed by atoms with Crippen LogP contribution in [0.5, 0.6) is 0 Å². The minimum atomic E-state index is -0.204. The zero-order valence-corrected chi connectivity index (χ0v) is 17.2. The van der Waals surface area contributed by atoms with Crippen molar-refractivity contribution < 1.29 is 9.59 Å². The Kier molecular flexibility index (Phi) is 7.03. The summed E-state index contributed by atoms with van der Waals surface area (Å²) in [6.45, 7) is 0.233. The molecule has 7 heteroatoms. The number of hydrogen-bond acceptors (Lipinski definition) is 4. The molecule has 0 aliphatic carbocycles. The first-order chi connectivity index (χ1) is 13.5. The van der Waals surface area contributed by atoms with Gasteiger partial charge in [-0.05, 0) is 29.8 Å². The number of thioether (sulfide) groups is 1. The number of benzene rings is 2. The minimum Gasteiger partial charge on any atom is -0.326 e. The average Bonchev–Trinajstić information content (AvgIpc) is 2.94. The maximum Gasteiger partial charge on any atom is 0.266 e. The molecule has 0 spiro atoms. The van der Waals surface area contributed by atoms with Gasteiger partial charge >= 0.3 is 0 Å². The second kappa shape index (κ2) is 9.68. The van der Waals surface area contributed by atoms with E-state index in [0.717, 1.165) is 5.56 Å². The fourth-order valence-corrected chi connectivity index (χ4v) is 3.97. The van der Waals surface area contributed by atoms with Crippen molar-refractivity contribution >= 4 is 63.5 Å². The molecule has 0 radical (unpaired) electrons. The van der Waals surface area contributed by atoms with Crippen LogP contribution in [0.15, 0.2) is 71.7 Å². The standard InChI is InChI=1S/C21H17ClN2O2S2/c22-16-9-5-10-17(14-16)23-19(25)12-13-24-20(26)18(28-21(24)27)11-4-8-15-6-2-1-3-7-15/h1-11,14H,12-13H2,(H,23,25). The molecule has 28 heavy (non-hydrogen) atoms. The monoisotopic (exact) mass is 428 g/mol. The number of halogens is 1. The van der Waals surface area contributed by atoms with Crippen molar-refractivity contribution in [3.63, 3.8) is 0 Å². The molecule has 3 rings (SSSR count). The Bertz CT molecular complexity index is 958. The van der Waals surface area contributed by atoms with Crippen molar-refractivity contribution in [2.75, 3.05) is 11.9 Å². The van der Waals surface area contributed by atoms with Crippen molar-refractivity contribution in [2.24, 2.45) is 0 Å². The summed E-state index contributed by atoms with van der Waals surface area (Å²) < 4.78 is 0.458. The number of hydrogen-bond donors (Lipinski definition) is 1. The van der Waals surface area contributed by atoms with Gasteiger partial charge in [0.25, 0.3) is 5.91 Å². The van der Waals surface area contributed by atoms with Crippen molar-refractivity contribution in [3.8, 4) is 0 Å². The topological polar surface area (TPSA) is 49.4 Å². The number of carbonyl (C=O) groups is 2. The van der Waals surface area contributed by atoms with E-state index in [1.165, 1.54) is 16.7 Å². The van der Waals surface area contributed by atoms with Gasteiger partial charge in [0, 0.05) is 23.7 Å². The molecule has 1 aliphatic heterocycles. The molecule has 4 nitrogen and oxygen atoms in total. The van der Waals surface area contributed by atoms with Crippen LogP contribution >= 0.6 is 35.6 Å². The van der Waals surface area contributed by atoms with Crippen molar-refractivity contribution in [1.29, 1.82) is 0 Å². The SMILES string of the molecule is O=C(CCN1C(=O)C(=CC=Cc2ccccc2)SC1=S)Nc1cccc(Cl)c1. The molecular weight excluding hydrogens is 412 g/mol. The first kappa shape index (κ1) is 20.3. The van der Waals surface area contributed by atoms with Gasteiger partial charge in [0.05, 0.1) is 4.91 Å². The molecular formula is C21H17ClN2O2S2. The molecule has 2 aromatic rings. The lowest BCUT2D eigenvalue weighted by Crippen LogP contribution is -2.31. The van der Waals surface area contributed by atoms with Gasteiger partial charge in [-0.1, -0.05) is 84.1 Å². The fraction of sp³-hybridized carbons (Fsp3) is 0.0952. The molecule has 2 amide bonds. The average molecular weight is 429 g/mol. The largest absolute Gasteiger partial charge is 0.326 e. The summed E-state index contributed by atoms with van der Waals surface area (Å²) in [6, 6.07) is 16.7. The molecule has 1 heterocycles. The highest BCUT2D eigenvalue weighted by Crippen LogP contribution is 2.31. The molecule has 0 unspecified atom stereocenters. The van der Waals surface area contributed by atoms with Crippen molar-refractivity contribution in [3.05, 3.63) is 82.2 Å². The lowest BCUT2D eigenvalue weighted by Gasteiger charge is -2.14. The predicted molar refractivity (Wildman–Crippen MR) is 120 cm³/mol. The smallest absolute Gasteiger partial charge is 0.266 e. The van der Waals surface area contributed by atoms with Crippen LogP contribution in [0.1, 0.15) is 12.0 Å². The van der Waals surface area contributed by atoms with E-state index in [1.54, 1.807) is 30.3 Å². The second-order valence-electron chi connectivity index (χ2n) is 5.93. The molecule has 0 atom stereocenters. The maximum absolute atomic E-state index is 12.5. The third-order valence-corrected chi connectivity index (χ3v) is 5.51. The van der Waals surface area contributed by atoms with Gasteiger partial charge in [0.1, 0.15) is 4.32 Å². The predicted octanol–water partition coefficient (Wildman–Crippen LogP) is 5.13. The fourth-order valence-electron chi connectivity index (χ4n) is 2.52. The molecule has 1 aliphatic rings. The zero-order chi connectivity index (χ0) is 19.9. The number of amides is 2. The molecule has 2 aromatic carbocycles. The van der Waals surface area contributed by atoms with Crippen LogP contribution in [-0.4, -0.2) is 27.6 Å². The normalized spacial score (nSPS) is 15.6. The Labute approximate surface area is 178 Å². The van der Waals surface area contributed by atoms with Gasteiger partial charge < -0.3 is 5.32 Å². The van der Waals surface area contributed by atoms with E-state index in [1.807, 2.05) is 42.5 Å². The number of nitrogens with zero attached hydrogens (tertiary/aromatic N) is 1. The third-order valence-electron chi connectivity index (χ3n) is 3.88. The molecule has 1 N–H and O–H groups in total. The summed E-state index contributed by atoms with van der Waals surface area (Å²) in [4.78, 5) is 26.7. The highest BCUT2D eigenvalue weighted by Gasteiger charge is 2.31. The second-order valence-corrected chi connectivity index (χ2v) is 8.05. The number of allylic oxidation sites excluding steroid dienone is 2. The number of rotatable bonds is 6. The van der Waals surface area contributed by atoms with Crippen molar-refractivity contribution in [1.82, 2.24) is 4.90 Å². The molecule has 1 saturated heterocycles. The van der Waals surface area contributed by atoms with E-state index in [-0.39, 0.29) is 24.8 Å². The zero-order valence-electron chi connectivity index (χ0n) is 14.8. The Balaban J connectivity index is 1.55. The van der Waals surface area contributed by atoms with Crippen LogP contribution in [0.3, 0.4) is 0 Å². The molecule has 0 aromatic heterocycles. The van der Waals surface area contributed by atoms with Gasteiger partial charge in [0.2, 0.25) is 5.91 Å². The summed E-state index contributed by atoms with van der Waals surface area (Å²) in [5.74, 6) is -0.382. The van der Waals surface area contributed by atoms with Crippen molar-refractivity contribution in [2.45, 2.75) is 6.42 Å². The van der Waals surface area contributed by atoms with Gasteiger partial charge in [0.15, 0.2) is 0 Å². The maximum atomic E-state index is 12.5. The van der Waals surface area contributed by atoms with Crippen LogP contribution < -0.4 is 5.32 Å².